The third-order valence-electron chi connectivity index (χ3n) is 2.08. The smallest absolute Gasteiger partial charge is 0.394 e. The van der Waals surface area contributed by atoms with Gasteiger partial charge in [-0.05, 0) is 18.2 Å². The Kier molecular flexibility index (Phi) is 2.61. The molecule has 6 nitrogen and oxygen atoms in total. The van der Waals surface area contributed by atoms with Crippen LogP contribution >= 0.6 is 0 Å². The van der Waals surface area contributed by atoms with E-state index in [9.17, 15) is 14.4 Å². The van der Waals surface area contributed by atoms with Crippen molar-refractivity contribution in [2.75, 3.05) is 5.32 Å². The minimum atomic E-state index is -1.58. The third kappa shape index (κ3) is 2.31. The van der Waals surface area contributed by atoms with E-state index in [0.717, 1.165) is 0 Å². The van der Waals surface area contributed by atoms with Crippen LogP contribution in [0.25, 0.3) is 11.0 Å². The van der Waals surface area contributed by atoms with E-state index >= 15 is 0 Å². The number of carbonyl (C=O) groups excluding carboxylic acids is 1. The summed E-state index contributed by atoms with van der Waals surface area (Å²) < 4.78 is 4.89. The molecule has 86 valence electrons. The Morgan fingerprint density at radius 3 is 2.59 bits per heavy atom. The molecule has 0 bridgehead atoms. The van der Waals surface area contributed by atoms with Crippen molar-refractivity contribution < 1.29 is 19.1 Å². The molecule has 0 radical (unpaired) electrons. The summed E-state index contributed by atoms with van der Waals surface area (Å²) in [5.74, 6) is -2.73. The van der Waals surface area contributed by atoms with Crippen LogP contribution in [-0.2, 0) is 9.59 Å². The van der Waals surface area contributed by atoms with Crippen LogP contribution < -0.4 is 10.9 Å². The number of carboxylic acid groups (broad SMARTS) is 1. The molecule has 1 aromatic heterocycles. The Labute approximate surface area is 94.5 Å². The van der Waals surface area contributed by atoms with Gasteiger partial charge in [-0.25, -0.2) is 9.59 Å². The maximum atomic E-state index is 11.0. The van der Waals surface area contributed by atoms with Crippen molar-refractivity contribution in [3.63, 3.8) is 0 Å². The summed E-state index contributed by atoms with van der Waals surface area (Å²) in [5, 5.41) is 11.2. The van der Waals surface area contributed by atoms with Crippen molar-refractivity contribution in [2.45, 2.75) is 0 Å². The van der Waals surface area contributed by atoms with Crippen LogP contribution in [0.5, 0.6) is 0 Å². The molecule has 1 aromatic carbocycles. The van der Waals surface area contributed by atoms with Crippen LogP contribution in [0.15, 0.2) is 39.5 Å². The average Bonchev–Trinajstić information content (AvgIpc) is 2.28. The molecule has 6 heteroatoms. The van der Waals surface area contributed by atoms with Crippen LogP contribution in [0.2, 0.25) is 0 Å². The molecule has 0 aliphatic rings. The van der Waals surface area contributed by atoms with Gasteiger partial charge in [0.2, 0.25) is 0 Å². The molecule has 2 N–H and O–H groups in total. The number of aliphatic carboxylic acids is 1. The molecule has 0 aliphatic carbocycles. The first-order valence-corrected chi connectivity index (χ1v) is 4.64. The highest BCUT2D eigenvalue weighted by atomic mass is 16.4. The fraction of sp³-hybridized carbons (Fsp3) is 0. The van der Waals surface area contributed by atoms with Crippen LogP contribution in [0.4, 0.5) is 5.69 Å². The molecule has 2 rings (SSSR count). The molecule has 0 spiro atoms. The van der Waals surface area contributed by atoms with E-state index in [1.54, 1.807) is 12.1 Å². The summed E-state index contributed by atoms with van der Waals surface area (Å²) in [7, 11) is 0. The molecule has 17 heavy (non-hydrogen) atoms. The van der Waals surface area contributed by atoms with Crippen LogP contribution in [0, 0.1) is 0 Å². The van der Waals surface area contributed by atoms with E-state index < -0.39 is 17.5 Å². The molecule has 2 aromatic rings. The number of anilines is 1. The molecule has 0 saturated heterocycles. The second-order valence-corrected chi connectivity index (χ2v) is 3.27. The van der Waals surface area contributed by atoms with Crippen molar-refractivity contribution in [1.82, 2.24) is 0 Å². The number of carbonyl (C=O) groups is 2. The van der Waals surface area contributed by atoms with Crippen LogP contribution in [0.1, 0.15) is 0 Å². The number of rotatable bonds is 1. The first kappa shape index (κ1) is 10.9. The first-order chi connectivity index (χ1) is 8.06. The molecule has 1 amide bonds. The second-order valence-electron chi connectivity index (χ2n) is 3.27. The monoisotopic (exact) mass is 233 g/mol. The minimum Gasteiger partial charge on any atom is -0.474 e. The molecule has 0 unspecified atom stereocenters. The van der Waals surface area contributed by atoms with Gasteiger partial charge in [0, 0.05) is 23.2 Å². The van der Waals surface area contributed by atoms with Crippen molar-refractivity contribution in [3.05, 3.63) is 40.8 Å². The largest absolute Gasteiger partial charge is 0.474 e. The minimum absolute atomic E-state index is 0.249. The highest BCUT2D eigenvalue weighted by Gasteiger charge is 2.11. The number of hydrogen-bond acceptors (Lipinski definition) is 4. The van der Waals surface area contributed by atoms with Gasteiger partial charge < -0.3 is 14.8 Å². The normalized spacial score (nSPS) is 10.1. The van der Waals surface area contributed by atoms with Crippen LogP contribution in [0.3, 0.4) is 0 Å². The number of nitrogens with one attached hydrogen (secondary N) is 1. The van der Waals surface area contributed by atoms with Gasteiger partial charge in [0.05, 0.1) is 0 Å². The zero-order chi connectivity index (χ0) is 12.4. The summed E-state index contributed by atoms with van der Waals surface area (Å²) in [5.41, 5.74) is 0.0131. The standard InChI is InChI=1S/C11H7NO5/c13-9-4-2-6-1-3-7(5-8(6)17-9)12-10(14)11(15)16/h1-5H,(H,12,14)(H,15,16). The fourth-order valence-corrected chi connectivity index (χ4v) is 1.32. The van der Waals surface area contributed by atoms with Gasteiger partial charge in [-0.3, -0.25) is 4.79 Å². The van der Waals surface area contributed by atoms with E-state index in [2.05, 4.69) is 5.32 Å². The molecule has 1 heterocycles. The van der Waals surface area contributed by atoms with E-state index in [0.29, 0.717) is 5.39 Å². The van der Waals surface area contributed by atoms with Gasteiger partial charge in [-0.2, -0.15) is 0 Å². The zero-order valence-corrected chi connectivity index (χ0v) is 8.47. The summed E-state index contributed by atoms with van der Waals surface area (Å²) >= 11 is 0. The number of hydrogen-bond donors (Lipinski definition) is 2. The Balaban J connectivity index is 2.40. The zero-order valence-electron chi connectivity index (χ0n) is 8.47. The average molecular weight is 233 g/mol. The van der Waals surface area contributed by atoms with Crippen molar-refractivity contribution in [2.24, 2.45) is 0 Å². The number of benzene rings is 1. The Morgan fingerprint density at radius 1 is 1.18 bits per heavy atom. The lowest BCUT2D eigenvalue weighted by molar-refractivity contribution is -0.147. The topological polar surface area (TPSA) is 96.6 Å². The quantitative estimate of drug-likeness (QED) is 0.561. The Hall–Kier alpha value is -2.63. The van der Waals surface area contributed by atoms with Gasteiger partial charge in [0.15, 0.2) is 0 Å². The third-order valence-corrected chi connectivity index (χ3v) is 2.08. The van der Waals surface area contributed by atoms with Gasteiger partial charge >= 0.3 is 17.5 Å². The van der Waals surface area contributed by atoms with E-state index in [1.165, 1.54) is 18.2 Å². The van der Waals surface area contributed by atoms with Crippen molar-refractivity contribution in [1.29, 1.82) is 0 Å². The summed E-state index contributed by atoms with van der Waals surface area (Å²) in [4.78, 5) is 32.2. The second kappa shape index (κ2) is 4.09. The van der Waals surface area contributed by atoms with Crippen LogP contribution in [-0.4, -0.2) is 17.0 Å². The first-order valence-electron chi connectivity index (χ1n) is 4.64. The lowest BCUT2D eigenvalue weighted by Gasteiger charge is -2.02. The summed E-state index contributed by atoms with van der Waals surface area (Å²) in [6.07, 6.45) is 0. The lowest BCUT2D eigenvalue weighted by Crippen LogP contribution is -2.21. The fourth-order valence-electron chi connectivity index (χ4n) is 1.32. The predicted molar refractivity (Wildman–Crippen MR) is 58.7 cm³/mol. The summed E-state index contributed by atoms with van der Waals surface area (Å²) in [6.45, 7) is 0. The highest BCUT2D eigenvalue weighted by Crippen LogP contribution is 2.17. The SMILES string of the molecule is O=C(O)C(=O)Nc1ccc2ccc(=O)oc2c1. The van der Waals surface area contributed by atoms with E-state index in [4.69, 9.17) is 9.52 Å². The Bertz CT molecular complexity index is 658. The molecular formula is C11H7NO5. The predicted octanol–water partition coefficient (Wildman–Crippen LogP) is 0.816. The van der Waals surface area contributed by atoms with Gasteiger partial charge in [-0.1, -0.05) is 0 Å². The van der Waals surface area contributed by atoms with Gasteiger partial charge in [0.25, 0.3) is 0 Å². The Morgan fingerprint density at radius 2 is 1.88 bits per heavy atom. The van der Waals surface area contributed by atoms with E-state index in [-0.39, 0.29) is 11.3 Å². The maximum absolute atomic E-state index is 11.0. The highest BCUT2D eigenvalue weighted by molar-refractivity contribution is 6.36. The van der Waals surface area contributed by atoms with Crippen molar-refractivity contribution >= 4 is 28.5 Å². The maximum Gasteiger partial charge on any atom is 0.394 e. The number of amides is 1. The molecule has 0 saturated carbocycles. The van der Waals surface area contributed by atoms with Crippen molar-refractivity contribution in [3.8, 4) is 0 Å². The lowest BCUT2D eigenvalue weighted by atomic mass is 10.2. The van der Waals surface area contributed by atoms with Gasteiger partial charge in [0.1, 0.15) is 5.58 Å². The number of fused-ring (bicyclic) bond motifs is 1. The number of carboxylic acids is 1. The molecule has 0 fully saturated rings. The molecular weight excluding hydrogens is 226 g/mol. The summed E-state index contributed by atoms with van der Waals surface area (Å²) in [6, 6.07) is 7.36. The van der Waals surface area contributed by atoms with Gasteiger partial charge in [-0.15, -0.1) is 0 Å². The molecule has 0 atom stereocenters. The molecule has 0 aliphatic heterocycles. The van der Waals surface area contributed by atoms with E-state index in [1.807, 2.05) is 0 Å².